The highest BCUT2D eigenvalue weighted by atomic mass is 32.2. The minimum atomic E-state index is -0.565. The van der Waals surface area contributed by atoms with Crippen LogP contribution in [0.25, 0.3) is 0 Å². The van der Waals surface area contributed by atoms with Crippen molar-refractivity contribution in [3.8, 4) is 0 Å². The number of hydrogen-bond donors (Lipinski definition) is 0. The topological polar surface area (TPSA) is 80.5 Å². The van der Waals surface area contributed by atoms with Crippen LogP contribution in [-0.2, 0) is 4.79 Å². The highest BCUT2D eigenvalue weighted by Crippen LogP contribution is 2.47. The van der Waals surface area contributed by atoms with Crippen LogP contribution in [0.5, 0.6) is 0 Å². The summed E-state index contributed by atoms with van der Waals surface area (Å²) in [5.74, 6) is -0.848. The van der Waals surface area contributed by atoms with E-state index in [2.05, 4.69) is 0 Å². The lowest BCUT2D eigenvalue weighted by Gasteiger charge is -2.30. The summed E-state index contributed by atoms with van der Waals surface area (Å²) in [6.07, 6.45) is 2.35. The largest absolute Gasteiger partial charge is 0.289 e. The molecule has 142 valence electrons. The number of anilines is 2. The summed E-state index contributed by atoms with van der Waals surface area (Å²) < 4.78 is 0. The number of amides is 1. The second-order valence-corrected chi connectivity index (χ2v) is 7.30. The molecule has 1 heterocycles. The first-order valence-corrected chi connectivity index (χ1v) is 9.53. The summed E-state index contributed by atoms with van der Waals surface area (Å²) in [7, 11) is 0. The molecule has 0 aromatic heterocycles. The number of nitro benzene ring substituents is 1. The number of para-hydroxylation sites is 2. The monoisotopic (exact) mass is 402 g/mol. The Labute approximate surface area is 170 Å². The first-order chi connectivity index (χ1) is 14.0. The van der Waals surface area contributed by atoms with Gasteiger partial charge in [-0.05, 0) is 30.3 Å². The van der Waals surface area contributed by atoms with Gasteiger partial charge in [0, 0.05) is 33.6 Å². The quantitative estimate of drug-likeness (QED) is 0.260. The average Bonchev–Trinajstić information content (AvgIpc) is 2.75. The highest BCUT2D eigenvalue weighted by molar-refractivity contribution is 7.99. The summed E-state index contributed by atoms with van der Waals surface area (Å²) in [6, 6.07) is 20.5. The summed E-state index contributed by atoms with van der Waals surface area (Å²) in [6.45, 7) is 0. The van der Waals surface area contributed by atoms with Crippen LogP contribution in [0, 0.1) is 10.1 Å². The van der Waals surface area contributed by atoms with Gasteiger partial charge in [0.1, 0.15) is 0 Å². The Morgan fingerprint density at radius 1 is 0.862 bits per heavy atom. The molecule has 0 atom stereocenters. The fourth-order valence-electron chi connectivity index (χ4n) is 3.03. The number of nitro groups is 1. The van der Waals surface area contributed by atoms with Gasteiger partial charge in [-0.3, -0.25) is 24.6 Å². The van der Waals surface area contributed by atoms with Crippen LogP contribution in [0.3, 0.4) is 0 Å². The normalized spacial score (nSPS) is 12.3. The fourth-order valence-corrected chi connectivity index (χ4v) is 4.09. The zero-order chi connectivity index (χ0) is 20.4. The van der Waals surface area contributed by atoms with E-state index in [9.17, 15) is 19.7 Å². The van der Waals surface area contributed by atoms with Gasteiger partial charge in [0.2, 0.25) is 0 Å². The van der Waals surface area contributed by atoms with E-state index in [1.807, 2.05) is 48.5 Å². The van der Waals surface area contributed by atoms with Crippen molar-refractivity contribution in [3.63, 3.8) is 0 Å². The van der Waals surface area contributed by atoms with Crippen molar-refractivity contribution in [3.05, 3.63) is 101 Å². The molecule has 6 nitrogen and oxygen atoms in total. The maximum atomic E-state index is 13.0. The third kappa shape index (κ3) is 3.68. The lowest BCUT2D eigenvalue weighted by atomic mass is 10.1. The summed E-state index contributed by atoms with van der Waals surface area (Å²) in [5.41, 5.74) is 1.46. The van der Waals surface area contributed by atoms with Crippen LogP contribution in [-0.4, -0.2) is 16.6 Å². The summed E-state index contributed by atoms with van der Waals surface area (Å²) in [4.78, 5) is 39.2. The number of ketones is 1. The number of carbonyl (C=O) groups is 2. The maximum absolute atomic E-state index is 13.0. The van der Waals surface area contributed by atoms with Gasteiger partial charge in [0.05, 0.1) is 16.3 Å². The van der Waals surface area contributed by atoms with E-state index < -0.39 is 10.7 Å². The molecule has 1 aliphatic rings. The first kappa shape index (κ1) is 18.6. The van der Waals surface area contributed by atoms with Crippen LogP contribution in [0.15, 0.2) is 94.7 Å². The van der Waals surface area contributed by atoms with Crippen LogP contribution >= 0.6 is 11.8 Å². The molecule has 3 aromatic carbocycles. The first-order valence-electron chi connectivity index (χ1n) is 8.71. The predicted molar refractivity (Wildman–Crippen MR) is 111 cm³/mol. The van der Waals surface area contributed by atoms with Crippen molar-refractivity contribution in [2.75, 3.05) is 4.90 Å². The number of allylic oxidation sites excluding steroid dienone is 1. The number of non-ortho nitro benzene ring substituents is 1. The molecule has 7 heteroatoms. The number of benzene rings is 3. The molecule has 0 spiro atoms. The Balaban J connectivity index is 1.64. The second kappa shape index (κ2) is 7.73. The molecule has 0 aliphatic carbocycles. The second-order valence-electron chi connectivity index (χ2n) is 6.22. The zero-order valence-electron chi connectivity index (χ0n) is 15.0. The van der Waals surface area contributed by atoms with E-state index in [1.165, 1.54) is 30.3 Å². The molecule has 0 fully saturated rings. The fraction of sp³-hybridized carbons (Fsp3) is 0. The van der Waals surface area contributed by atoms with Crippen molar-refractivity contribution >= 4 is 40.5 Å². The smallest absolute Gasteiger partial charge is 0.270 e. The molecule has 4 rings (SSSR count). The van der Waals surface area contributed by atoms with E-state index in [1.54, 1.807) is 16.7 Å². The number of rotatable bonds is 4. The van der Waals surface area contributed by atoms with Gasteiger partial charge >= 0.3 is 0 Å². The Morgan fingerprint density at radius 2 is 1.48 bits per heavy atom. The molecule has 0 N–H and O–H groups in total. The minimum Gasteiger partial charge on any atom is -0.289 e. The van der Waals surface area contributed by atoms with E-state index in [0.29, 0.717) is 0 Å². The standard InChI is InChI=1S/C22H14N2O4S/c25-19(15-6-5-7-16(14-15)24(27)28)12-13-22(26)23-17-8-1-3-10-20(17)29-21-11-4-2-9-18(21)23/h1-14H. The number of nitrogens with zero attached hydrogens (tertiary/aromatic N) is 2. The van der Waals surface area contributed by atoms with Gasteiger partial charge in [-0.15, -0.1) is 0 Å². The molecule has 0 unspecified atom stereocenters. The van der Waals surface area contributed by atoms with E-state index >= 15 is 0 Å². The maximum Gasteiger partial charge on any atom is 0.270 e. The highest BCUT2D eigenvalue weighted by Gasteiger charge is 2.26. The molecule has 0 saturated carbocycles. The average molecular weight is 402 g/mol. The molecule has 0 saturated heterocycles. The molecule has 0 bridgehead atoms. The van der Waals surface area contributed by atoms with Crippen molar-refractivity contribution < 1.29 is 14.5 Å². The summed E-state index contributed by atoms with van der Waals surface area (Å²) in [5, 5.41) is 10.9. The summed E-state index contributed by atoms with van der Waals surface area (Å²) >= 11 is 1.58. The molecule has 0 radical (unpaired) electrons. The zero-order valence-corrected chi connectivity index (χ0v) is 15.8. The molecule has 1 aliphatic heterocycles. The van der Waals surface area contributed by atoms with E-state index in [-0.39, 0.29) is 17.2 Å². The molecular weight excluding hydrogens is 388 g/mol. The van der Waals surface area contributed by atoms with Gasteiger partial charge in [0.15, 0.2) is 5.78 Å². The molecule has 3 aromatic rings. The van der Waals surface area contributed by atoms with Gasteiger partial charge in [-0.1, -0.05) is 48.2 Å². The van der Waals surface area contributed by atoms with Crippen molar-refractivity contribution in [1.29, 1.82) is 0 Å². The van der Waals surface area contributed by atoms with Crippen LogP contribution in [0.4, 0.5) is 17.1 Å². The van der Waals surface area contributed by atoms with Gasteiger partial charge in [-0.25, -0.2) is 0 Å². The Morgan fingerprint density at radius 3 is 2.10 bits per heavy atom. The lowest BCUT2D eigenvalue weighted by molar-refractivity contribution is -0.384. The van der Waals surface area contributed by atoms with Crippen LogP contribution in [0.2, 0.25) is 0 Å². The third-order valence-electron chi connectivity index (χ3n) is 4.37. The van der Waals surface area contributed by atoms with E-state index in [0.717, 1.165) is 27.2 Å². The van der Waals surface area contributed by atoms with Crippen molar-refractivity contribution in [2.45, 2.75) is 9.79 Å². The van der Waals surface area contributed by atoms with Crippen molar-refractivity contribution in [1.82, 2.24) is 0 Å². The lowest BCUT2D eigenvalue weighted by Crippen LogP contribution is -2.26. The van der Waals surface area contributed by atoms with Gasteiger partial charge in [-0.2, -0.15) is 0 Å². The van der Waals surface area contributed by atoms with Crippen LogP contribution in [0.1, 0.15) is 10.4 Å². The number of hydrogen-bond acceptors (Lipinski definition) is 5. The predicted octanol–water partition coefficient (Wildman–Crippen LogP) is 5.16. The molecular formula is C22H14N2O4S. The number of carbonyl (C=O) groups excluding carboxylic acids is 2. The third-order valence-corrected chi connectivity index (χ3v) is 5.50. The Bertz CT molecular complexity index is 1130. The van der Waals surface area contributed by atoms with Crippen molar-refractivity contribution in [2.24, 2.45) is 0 Å². The Kier molecular flexibility index (Phi) is 4.97. The SMILES string of the molecule is O=C(C=CC(=O)N1c2ccccc2Sc2ccccc21)c1cccc([N+](=O)[O-])c1. The molecule has 1 amide bonds. The van der Waals surface area contributed by atoms with Gasteiger partial charge < -0.3 is 0 Å². The molecule has 29 heavy (non-hydrogen) atoms. The number of fused-ring (bicyclic) bond motifs is 2. The van der Waals surface area contributed by atoms with E-state index in [4.69, 9.17) is 0 Å². The van der Waals surface area contributed by atoms with Gasteiger partial charge in [0.25, 0.3) is 11.6 Å². The van der Waals surface area contributed by atoms with Crippen LogP contribution < -0.4 is 4.90 Å². The Hall–Kier alpha value is -3.71. The minimum absolute atomic E-state index is 0.151.